The van der Waals surface area contributed by atoms with E-state index in [1.165, 1.54) is 31.2 Å². The molecule has 3 nitrogen and oxygen atoms in total. The predicted molar refractivity (Wildman–Crippen MR) is 67.6 cm³/mol. The molecule has 0 amide bonds. The van der Waals surface area contributed by atoms with E-state index in [0.717, 1.165) is 18.4 Å². The highest BCUT2D eigenvalue weighted by molar-refractivity contribution is 5.18. The fourth-order valence-electron chi connectivity index (χ4n) is 2.44. The van der Waals surface area contributed by atoms with Crippen LogP contribution < -0.4 is 5.32 Å². The minimum atomic E-state index is 0.541. The van der Waals surface area contributed by atoms with E-state index in [1.807, 2.05) is 0 Å². The van der Waals surface area contributed by atoms with Gasteiger partial charge in [0.2, 0.25) is 0 Å². The Kier molecular flexibility index (Phi) is 3.21. The smallest absolute Gasteiger partial charge is 0.122 e. The second kappa shape index (κ2) is 4.83. The van der Waals surface area contributed by atoms with Crippen LogP contribution in [-0.2, 0) is 11.5 Å². The Labute approximate surface area is 103 Å². The largest absolute Gasteiger partial charge is 0.361 e. The Morgan fingerprint density at radius 3 is 2.88 bits per heavy atom. The SMILES string of the molecule is CNC(c1ccn(COCC2CC2)c1)C1CC1. The Morgan fingerprint density at radius 1 is 1.41 bits per heavy atom. The van der Waals surface area contributed by atoms with E-state index < -0.39 is 0 Å². The standard InChI is InChI=1S/C14H22N2O/c1-15-14(12-4-5-12)13-6-7-16(8-13)10-17-9-11-2-3-11/h6-8,11-12,14-15H,2-5,9-10H2,1H3. The molecule has 94 valence electrons. The molecule has 0 bridgehead atoms. The van der Waals surface area contributed by atoms with Crippen LogP contribution in [0.25, 0.3) is 0 Å². The normalized spacial score (nSPS) is 21.7. The summed E-state index contributed by atoms with van der Waals surface area (Å²) >= 11 is 0. The number of nitrogens with zero attached hydrogens (tertiary/aromatic N) is 1. The zero-order chi connectivity index (χ0) is 11.7. The van der Waals surface area contributed by atoms with Crippen LogP contribution in [-0.4, -0.2) is 18.2 Å². The van der Waals surface area contributed by atoms with Gasteiger partial charge in [-0.15, -0.1) is 0 Å². The van der Waals surface area contributed by atoms with E-state index in [9.17, 15) is 0 Å². The van der Waals surface area contributed by atoms with E-state index in [1.54, 1.807) is 0 Å². The van der Waals surface area contributed by atoms with Crippen molar-refractivity contribution in [3.63, 3.8) is 0 Å². The van der Waals surface area contributed by atoms with Gasteiger partial charge in [-0.3, -0.25) is 0 Å². The number of ether oxygens (including phenoxy) is 1. The maximum atomic E-state index is 5.69. The van der Waals surface area contributed by atoms with Crippen LogP contribution in [0.5, 0.6) is 0 Å². The third-order valence-corrected chi connectivity index (χ3v) is 3.83. The highest BCUT2D eigenvalue weighted by Crippen LogP contribution is 2.40. The summed E-state index contributed by atoms with van der Waals surface area (Å²) in [5.41, 5.74) is 1.41. The molecule has 1 aromatic rings. The van der Waals surface area contributed by atoms with Crippen molar-refractivity contribution in [2.24, 2.45) is 11.8 Å². The Morgan fingerprint density at radius 2 is 2.24 bits per heavy atom. The molecule has 1 N–H and O–H groups in total. The average Bonchev–Trinajstić information content (AvgIpc) is 3.22. The molecule has 0 aliphatic heterocycles. The molecule has 1 unspecified atom stereocenters. The van der Waals surface area contributed by atoms with E-state index in [2.05, 4.69) is 35.4 Å². The minimum absolute atomic E-state index is 0.541. The van der Waals surface area contributed by atoms with Crippen molar-refractivity contribution in [1.82, 2.24) is 9.88 Å². The van der Waals surface area contributed by atoms with Crippen molar-refractivity contribution < 1.29 is 4.74 Å². The van der Waals surface area contributed by atoms with Crippen LogP contribution in [0.2, 0.25) is 0 Å². The lowest BCUT2D eigenvalue weighted by Crippen LogP contribution is -2.17. The average molecular weight is 234 g/mol. The second-order valence-corrected chi connectivity index (χ2v) is 5.51. The third kappa shape index (κ3) is 2.90. The van der Waals surface area contributed by atoms with Gasteiger partial charge in [0.15, 0.2) is 0 Å². The molecule has 1 aromatic heterocycles. The minimum Gasteiger partial charge on any atom is -0.361 e. The van der Waals surface area contributed by atoms with Crippen LogP contribution in [0.1, 0.15) is 37.3 Å². The van der Waals surface area contributed by atoms with Crippen molar-refractivity contribution in [1.29, 1.82) is 0 Å². The molecule has 0 spiro atoms. The zero-order valence-electron chi connectivity index (χ0n) is 10.6. The first-order chi connectivity index (χ1) is 8.36. The molecule has 2 fully saturated rings. The molecule has 3 heteroatoms. The van der Waals surface area contributed by atoms with Crippen LogP contribution in [0, 0.1) is 11.8 Å². The predicted octanol–water partition coefficient (Wildman–Crippen LogP) is 2.54. The molecule has 2 saturated carbocycles. The Bertz CT molecular complexity index is 366. The van der Waals surface area contributed by atoms with Gasteiger partial charge in [0.25, 0.3) is 0 Å². The molecule has 2 aliphatic rings. The number of nitrogens with one attached hydrogen (secondary N) is 1. The van der Waals surface area contributed by atoms with Gasteiger partial charge in [-0.25, -0.2) is 0 Å². The molecule has 0 saturated heterocycles. The molecule has 3 rings (SSSR count). The fourth-order valence-corrected chi connectivity index (χ4v) is 2.44. The van der Waals surface area contributed by atoms with Crippen LogP contribution in [0.15, 0.2) is 18.5 Å². The topological polar surface area (TPSA) is 26.2 Å². The van der Waals surface area contributed by atoms with Crippen LogP contribution in [0.3, 0.4) is 0 Å². The van der Waals surface area contributed by atoms with Crippen LogP contribution in [0.4, 0.5) is 0 Å². The first-order valence-corrected chi connectivity index (χ1v) is 6.77. The molecule has 1 atom stereocenters. The van der Waals surface area contributed by atoms with Gasteiger partial charge in [0, 0.05) is 18.4 Å². The highest BCUT2D eigenvalue weighted by Gasteiger charge is 2.31. The van der Waals surface area contributed by atoms with Crippen molar-refractivity contribution in [2.75, 3.05) is 13.7 Å². The summed E-state index contributed by atoms with van der Waals surface area (Å²) in [7, 11) is 2.06. The second-order valence-electron chi connectivity index (χ2n) is 5.51. The maximum absolute atomic E-state index is 5.69. The Balaban J connectivity index is 1.52. The number of rotatable bonds is 7. The molecule has 0 radical (unpaired) electrons. The lowest BCUT2D eigenvalue weighted by atomic mass is 10.1. The summed E-state index contributed by atoms with van der Waals surface area (Å²) in [6.45, 7) is 1.64. The monoisotopic (exact) mass is 234 g/mol. The summed E-state index contributed by atoms with van der Waals surface area (Å²) in [4.78, 5) is 0. The quantitative estimate of drug-likeness (QED) is 0.784. The third-order valence-electron chi connectivity index (χ3n) is 3.83. The van der Waals surface area contributed by atoms with Gasteiger partial charge < -0.3 is 14.6 Å². The summed E-state index contributed by atoms with van der Waals surface area (Å²) in [5, 5.41) is 3.42. The molecular formula is C14H22N2O. The molecule has 17 heavy (non-hydrogen) atoms. The van der Waals surface area contributed by atoms with Crippen LogP contribution >= 0.6 is 0 Å². The van der Waals surface area contributed by atoms with E-state index in [-0.39, 0.29) is 0 Å². The van der Waals surface area contributed by atoms with Gasteiger partial charge in [-0.2, -0.15) is 0 Å². The zero-order valence-corrected chi connectivity index (χ0v) is 10.6. The first-order valence-electron chi connectivity index (χ1n) is 6.77. The summed E-state index contributed by atoms with van der Waals surface area (Å²) in [6, 6.07) is 2.76. The highest BCUT2D eigenvalue weighted by atomic mass is 16.5. The lowest BCUT2D eigenvalue weighted by molar-refractivity contribution is 0.0691. The van der Waals surface area contributed by atoms with Crippen molar-refractivity contribution in [3.8, 4) is 0 Å². The van der Waals surface area contributed by atoms with Gasteiger partial charge in [0.1, 0.15) is 6.73 Å². The number of hydrogen-bond acceptors (Lipinski definition) is 2. The van der Waals surface area contributed by atoms with Gasteiger partial charge >= 0.3 is 0 Å². The van der Waals surface area contributed by atoms with E-state index >= 15 is 0 Å². The van der Waals surface area contributed by atoms with Gasteiger partial charge in [0.05, 0.1) is 6.61 Å². The summed E-state index contributed by atoms with van der Waals surface area (Å²) in [6.07, 6.45) is 9.83. The Hall–Kier alpha value is -0.800. The molecule has 1 heterocycles. The maximum Gasteiger partial charge on any atom is 0.122 e. The number of aromatic nitrogens is 1. The van der Waals surface area contributed by atoms with Gasteiger partial charge in [-0.05, 0) is 56.2 Å². The number of hydrogen-bond donors (Lipinski definition) is 1. The summed E-state index contributed by atoms with van der Waals surface area (Å²) in [5.74, 6) is 1.70. The molecular weight excluding hydrogens is 212 g/mol. The molecule has 2 aliphatic carbocycles. The van der Waals surface area contributed by atoms with Gasteiger partial charge in [-0.1, -0.05) is 0 Å². The van der Waals surface area contributed by atoms with Crippen molar-refractivity contribution in [3.05, 3.63) is 24.0 Å². The van der Waals surface area contributed by atoms with Crippen molar-refractivity contribution in [2.45, 2.75) is 38.5 Å². The fraction of sp³-hybridized carbons (Fsp3) is 0.714. The van der Waals surface area contributed by atoms with Crippen molar-refractivity contribution >= 4 is 0 Å². The molecule has 0 aromatic carbocycles. The van der Waals surface area contributed by atoms with E-state index in [4.69, 9.17) is 4.74 Å². The van der Waals surface area contributed by atoms with E-state index in [0.29, 0.717) is 12.8 Å². The lowest BCUT2D eigenvalue weighted by Gasteiger charge is -2.13. The summed E-state index contributed by atoms with van der Waals surface area (Å²) < 4.78 is 7.85. The first kappa shape index (κ1) is 11.3.